The van der Waals surface area contributed by atoms with Crippen LogP contribution >= 0.6 is 0 Å². The first-order valence-electron chi connectivity index (χ1n) is 8.75. The van der Waals surface area contributed by atoms with E-state index in [1.807, 2.05) is 49.5 Å². The Balaban J connectivity index is 1.66. The van der Waals surface area contributed by atoms with Crippen molar-refractivity contribution in [2.24, 2.45) is 0 Å². The van der Waals surface area contributed by atoms with Gasteiger partial charge >= 0.3 is 0 Å². The molecule has 3 rings (SSSR count). The number of methoxy groups -OCH3 is 1. The minimum atomic E-state index is -0.107. The van der Waals surface area contributed by atoms with Crippen LogP contribution in [0.1, 0.15) is 12.5 Å². The Morgan fingerprint density at radius 2 is 2.00 bits per heavy atom. The van der Waals surface area contributed by atoms with E-state index < -0.39 is 0 Å². The molecule has 6 nitrogen and oxygen atoms in total. The number of hydrogen-bond donors (Lipinski definition) is 2. The molecule has 0 aliphatic heterocycles. The van der Waals surface area contributed by atoms with Gasteiger partial charge in [0.1, 0.15) is 23.6 Å². The Labute approximate surface area is 158 Å². The molecule has 0 fully saturated rings. The van der Waals surface area contributed by atoms with E-state index in [9.17, 15) is 4.79 Å². The molecular formula is C21H23N3O3. The quantitative estimate of drug-likeness (QED) is 0.619. The van der Waals surface area contributed by atoms with Gasteiger partial charge in [0.25, 0.3) is 0 Å². The standard InChI is InChI=1S/C21H23N3O3/c1-14-13-23-21-18(8-5-9-19(21)26-3)20(14)22-10-11-27-17-7-4-6-16(12-17)24-15(2)25/h4-9,12-13H,10-11H2,1-3H3,(H,22,23)(H,24,25). The summed E-state index contributed by atoms with van der Waals surface area (Å²) in [5, 5.41) is 7.20. The zero-order valence-corrected chi connectivity index (χ0v) is 15.7. The summed E-state index contributed by atoms with van der Waals surface area (Å²) >= 11 is 0. The van der Waals surface area contributed by atoms with Gasteiger partial charge in [0.2, 0.25) is 5.91 Å². The number of anilines is 2. The number of pyridine rings is 1. The van der Waals surface area contributed by atoms with Crippen molar-refractivity contribution in [3.8, 4) is 11.5 Å². The van der Waals surface area contributed by atoms with E-state index in [-0.39, 0.29) is 5.91 Å². The van der Waals surface area contributed by atoms with Crippen LogP contribution in [0.2, 0.25) is 0 Å². The first-order valence-corrected chi connectivity index (χ1v) is 8.75. The summed E-state index contributed by atoms with van der Waals surface area (Å²) in [6.45, 7) is 4.61. The largest absolute Gasteiger partial charge is 0.494 e. The highest BCUT2D eigenvalue weighted by molar-refractivity contribution is 5.96. The smallest absolute Gasteiger partial charge is 0.221 e. The average Bonchev–Trinajstić information content (AvgIpc) is 2.65. The lowest BCUT2D eigenvalue weighted by Crippen LogP contribution is -2.13. The lowest BCUT2D eigenvalue weighted by Gasteiger charge is -2.14. The number of ether oxygens (including phenoxy) is 2. The Morgan fingerprint density at radius 1 is 1.19 bits per heavy atom. The maximum atomic E-state index is 11.2. The number of carbonyl (C=O) groups is 1. The normalized spacial score (nSPS) is 10.5. The van der Waals surface area contributed by atoms with Crippen LogP contribution in [-0.2, 0) is 4.79 Å². The number of aryl methyl sites for hydroxylation is 1. The molecule has 0 radical (unpaired) electrons. The third kappa shape index (κ3) is 4.47. The number of carbonyl (C=O) groups excluding carboxylic acids is 1. The maximum absolute atomic E-state index is 11.2. The van der Waals surface area contributed by atoms with Crippen molar-refractivity contribution in [3.63, 3.8) is 0 Å². The Bertz CT molecular complexity index is 957. The maximum Gasteiger partial charge on any atom is 0.221 e. The van der Waals surface area contributed by atoms with Crippen LogP contribution in [0.15, 0.2) is 48.7 Å². The predicted octanol–water partition coefficient (Wildman–Crippen LogP) is 4.00. The van der Waals surface area contributed by atoms with E-state index in [2.05, 4.69) is 15.6 Å². The molecule has 0 saturated heterocycles. The van der Waals surface area contributed by atoms with Crippen LogP contribution in [0, 0.1) is 6.92 Å². The van der Waals surface area contributed by atoms with Crippen molar-refractivity contribution in [2.75, 3.05) is 30.9 Å². The number of nitrogens with zero attached hydrogens (tertiary/aromatic N) is 1. The summed E-state index contributed by atoms with van der Waals surface area (Å²) in [6, 6.07) is 13.2. The van der Waals surface area contributed by atoms with Gasteiger partial charge in [-0.15, -0.1) is 0 Å². The van der Waals surface area contributed by atoms with Gasteiger partial charge in [0, 0.05) is 42.5 Å². The summed E-state index contributed by atoms with van der Waals surface area (Å²) in [5.41, 5.74) is 3.63. The van der Waals surface area contributed by atoms with E-state index in [0.29, 0.717) is 18.9 Å². The third-order valence-electron chi connectivity index (χ3n) is 4.10. The minimum Gasteiger partial charge on any atom is -0.494 e. The molecule has 0 atom stereocenters. The van der Waals surface area contributed by atoms with Crippen molar-refractivity contribution in [2.45, 2.75) is 13.8 Å². The number of amides is 1. The van der Waals surface area contributed by atoms with Gasteiger partial charge in [-0.25, -0.2) is 0 Å². The SMILES string of the molecule is COc1cccc2c(NCCOc3cccc(NC(C)=O)c3)c(C)cnc12. The highest BCUT2D eigenvalue weighted by Gasteiger charge is 2.09. The third-order valence-corrected chi connectivity index (χ3v) is 4.10. The number of fused-ring (bicyclic) bond motifs is 1. The number of benzene rings is 2. The lowest BCUT2D eigenvalue weighted by molar-refractivity contribution is -0.114. The Hall–Kier alpha value is -3.28. The second-order valence-corrected chi connectivity index (χ2v) is 6.16. The predicted molar refractivity (Wildman–Crippen MR) is 108 cm³/mol. The van der Waals surface area contributed by atoms with E-state index >= 15 is 0 Å². The molecular weight excluding hydrogens is 342 g/mol. The van der Waals surface area contributed by atoms with Gasteiger partial charge < -0.3 is 20.1 Å². The Kier molecular flexibility index (Phi) is 5.76. The van der Waals surface area contributed by atoms with Crippen molar-refractivity contribution in [1.82, 2.24) is 4.98 Å². The molecule has 0 spiro atoms. The fourth-order valence-electron chi connectivity index (χ4n) is 2.91. The van der Waals surface area contributed by atoms with E-state index in [1.54, 1.807) is 13.2 Å². The van der Waals surface area contributed by atoms with Crippen molar-refractivity contribution in [1.29, 1.82) is 0 Å². The molecule has 3 aromatic rings. The topological polar surface area (TPSA) is 72.5 Å². The highest BCUT2D eigenvalue weighted by atomic mass is 16.5. The van der Waals surface area contributed by atoms with Crippen molar-refractivity contribution in [3.05, 3.63) is 54.2 Å². The van der Waals surface area contributed by atoms with Crippen LogP contribution in [0.25, 0.3) is 10.9 Å². The highest BCUT2D eigenvalue weighted by Crippen LogP contribution is 2.31. The second kappa shape index (κ2) is 8.40. The monoisotopic (exact) mass is 365 g/mol. The molecule has 0 saturated carbocycles. The van der Waals surface area contributed by atoms with Gasteiger partial charge in [-0.1, -0.05) is 18.2 Å². The van der Waals surface area contributed by atoms with Crippen LogP contribution in [0.5, 0.6) is 11.5 Å². The second-order valence-electron chi connectivity index (χ2n) is 6.16. The fourth-order valence-corrected chi connectivity index (χ4v) is 2.91. The first kappa shape index (κ1) is 18.5. The molecule has 0 bridgehead atoms. The molecule has 0 aliphatic carbocycles. The number of aromatic nitrogens is 1. The van der Waals surface area contributed by atoms with Crippen LogP contribution in [0.3, 0.4) is 0 Å². The first-order chi connectivity index (χ1) is 13.1. The summed E-state index contributed by atoms with van der Waals surface area (Å²) < 4.78 is 11.2. The number of para-hydroxylation sites is 1. The average molecular weight is 365 g/mol. The summed E-state index contributed by atoms with van der Waals surface area (Å²) in [6.07, 6.45) is 1.84. The van der Waals surface area contributed by atoms with Gasteiger partial charge in [0.05, 0.1) is 7.11 Å². The van der Waals surface area contributed by atoms with Crippen LogP contribution in [-0.4, -0.2) is 31.2 Å². The molecule has 2 aromatic carbocycles. The molecule has 2 N–H and O–H groups in total. The number of rotatable bonds is 7. The molecule has 27 heavy (non-hydrogen) atoms. The molecule has 1 aromatic heterocycles. The summed E-state index contributed by atoms with van der Waals surface area (Å²) in [7, 11) is 1.65. The van der Waals surface area contributed by atoms with Gasteiger partial charge in [-0.3, -0.25) is 9.78 Å². The summed E-state index contributed by atoms with van der Waals surface area (Å²) in [4.78, 5) is 15.6. The zero-order valence-electron chi connectivity index (χ0n) is 15.7. The fraction of sp³-hybridized carbons (Fsp3) is 0.238. The molecule has 0 unspecified atom stereocenters. The molecule has 1 heterocycles. The molecule has 140 valence electrons. The van der Waals surface area contributed by atoms with Gasteiger partial charge in [0.15, 0.2) is 0 Å². The van der Waals surface area contributed by atoms with Gasteiger partial charge in [-0.2, -0.15) is 0 Å². The van der Waals surface area contributed by atoms with Crippen molar-refractivity contribution >= 4 is 28.2 Å². The van der Waals surface area contributed by atoms with Crippen LogP contribution in [0.4, 0.5) is 11.4 Å². The van der Waals surface area contributed by atoms with Crippen molar-refractivity contribution < 1.29 is 14.3 Å². The lowest BCUT2D eigenvalue weighted by atomic mass is 10.1. The molecule has 6 heteroatoms. The zero-order chi connectivity index (χ0) is 19.2. The Morgan fingerprint density at radius 3 is 2.78 bits per heavy atom. The van der Waals surface area contributed by atoms with Crippen LogP contribution < -0.4 is 20.1 Å². The summed E-state index contributed by atoms with van der Waals surface area (Å²) in [5.74, 6) is 1.35. The molecule has 1 amide bonds. The van der Waals surface area contributed by atoms with Gasteiger partial charge in [-0.05, 0) is 30.7 Å². The molecule has 0 aliphatic rings. The number of nitrogens with one attached hydrogen (secondary N) is 2. The van der Waals surface area contributed by atoms with E-state index in [0.717, 1.165) is 33.6 Å². The van der Waals surface area contributed by atoms with E-state index in [1.165, 1.54) is 6.92 Å². The minimum absolute atomic E-state index is 0.107. The number of hydrogen-bond acceptors (Lipinski definition) is 5. The van der Waals surface area contributed by atoms with E-state index in [4.69, 9.17) is 9.47 Å².